The number of hydrogen-bond donors (Lipinski definition) is 4. The molecule has 0 radical (unpaired) electrons. The summed E-state index contributed by atoms with van der Waals surface area (Å²) in [6.45, 7) is 4.02. The lowest BCUT2D eigenvalue weighted by atomic mass is 9.99. The van der Waals surface area contributed by atoms with E-state index in [1.165, 1.54) is 148 Å². The van der Waals surface area contributed by atoms with Crippen LogP contribution in [-0.2, 0) is 23.7 Å². The Labute approximate surface area is 293 Å². The lowest BCUT2D eigenvalue weighted by Crippen LogP contribution is -2.59. The molecule has 0 aromatic heterocycles. The average molecular weight is 689 g/mol. The summed E-state index contributed by atoms with van der Waals surface area (Å²) >= 11 is 0. The summed E-state index contributed by atoms with van der Waals surface area (Å²) in [5.41, 5.74) is 0. The van der Waals surface area contributed by atoms with Crippen LogP contribution >= 0.6 is 0 Å². The second-order valence-corrected chi connectivity index (χ2v) is 14.1. The maximum absolute atomic E-state index is 11.9. The standard InChI is InChI=1S/C39H76O9/c1-3-5-6-7-8-9-10-11-12-13-14-15-16-17-18-19-20-21-22-23-24-25-26-27-28-29-45-31-33(47-35(41)4-2)32-46-39-38(44)37(43)36(42)34(30-40)48-39/h33-34,36-40,42-44H,3-32H2,1-2H3. The van der Waals surface area contributed by atoms with Gasteiger partial charge in [0.1, 0.15) is 30.5 Å². The summed E-state index contributed by atoms with van der Waals surface area (Å²) in [6.07, 6.45) is 26.7. The summed E-state index contributed by atoms with van der Waals surface area (Å²) in [6, 6.07) is 0. The highest BCUT2D eigenvalue weighted by Gasteiger charge is 2.44. The molecular formula is C39H76O9. The van der Waals surface area contributed by atoms with E-state index in [1.54, 1.807) is 6.92 Å². The number of hydrogen-bond acceptors (Lipinski definition) is 9. The first-order chi connectivity index (χ1) is 23.4. The van der Waals surface area contributed by atoms with Crippen LogP contribution < -0.4 is 0 Å². The normalized spacial score (nSPS) is 21.8. The second-order valence-electron chi connectivity index (χ2n) is 14.1. The van der Waals surface area contributed by atoms with E-state index < -0.39 is 49.4 Å². The minimum Gasteiger partial charge on any atom is -0.457 e. The fourth-order valence-electron chi connectivity index (χ4n) is 6.35. The molecular weight excluding hydrogens is 612 g/mol. The van der Waals surface area contributed by atoms with Crippen molar-refractivity contribution in [1.82, 2.24) is 0 Å². The Hall–Kier alpha value is -0.810. The van der Waals surface area contributed by atoms with Gasteiger partial charge in [0.05, 0.1) is 19.8 Å². The van der Waals surface area contributed by atoms with Gasteiger partial charge in [-0.25, -0.2) is 0 Å². The van der Waals surface area contributed by atoms with Crippen LogP contribution in [0.4, 0.5) is 0 Å². The molecule has 0 bridgehead atoms. The highest BCUT2D eigenvalue weighted by atomic mass is 16.7. The lowest BCUT2D eigenvalue weighted by Gasteiger charge is -2.39. The van der Waals surface area contributed by atoms with Gasteiger partial charge in [-0.15, -0.1) is 0 Å². The Bertz CT molecular complexity index is 707. The van der Waals surface area contributed by atoms with E-state index in [9.17, 15) is 25.2 Å². The molecule has 0 saturated carbocycles. The zero-order valence-corrected chi connectivity index (χ0v) is 31.0. The molecule has 9 heteroatoms. The summed E-state index contributed by atoms with van der Waals surface area (Å²) < 4.78 is 22.1. The van der Waals surface area contributed by atoms with Crippen LogP contribution in [0.25, 0.3) is 0 Å². The molecule has 1 aliphatic rings. The minimum atomic E-state index is -1.53. The molecule has 1 saturated heterocycles. The molecule has 1 heterocycles. The summed E-state index contributed by atoms with van der Waals surface area (Å²) in [4.78, 5) is 11.9. The molecule has 0 aliphatic carbocycles. The van der Waals surface area contributed by atoms with Crippen molar-refractivity contribution in [2.45, 2.75) is 218 Å². The average Bonchev–Trinajstić information content (AvgIpc) is 3.09. The SMILES string of the molecule is CCCCCCCCCCCCCCCCCCCCCCCCCCCOCC(COC1OC(CO)C(O)C(O)C1O)OC(=O)CC. The smallest absolute Gasteiger partial charge is 0.305 e. The zero-order chi connectivity index (χ0) is 35.1. The van der Waals surface area contributed by atoms with Crippen molar-refractivity contribution in [3.8, 4) is 0 Å². The maximum Gasteiger partial charge on any atom is 0.305 e. The van der Waals surface area contributed by atoms with Crippen molar-refractivity contribution in [1.29, 1.82) is 0 Å². The second kappa shape index (κ2) is 32.1. The number of carbonyl (C=O) groups is 1. The Morgan fingerprint density at radius 1 is 0.583 bits per heavy atom. The molecule has 1 rings (SSSR count). The molecule has 48 heavy (non-hydrogen) atoms. The summed E-state index contributed by atoms with van der Waals surface area (Å²) in [5.74, 6) is -0.397. The number of rotatable bonds is 34. The van der Waals surface area contributed by atoms with Gasteiger partial charge in [-0.3, -0.25) is 4.79 Å². The number of carbonyl (C=O) groups excluding carboxylic acids is 1. The molecule has 0 aromatic rings. The van der Waals surface area contributed by atoms with Gasteiger partial charge in [0.25, 0.3) is 0 Å². The van der Waals surface area contributed by atoms with Crippen molar-refractivity contribution >= 4 is 5.97 Å². The molecule has 6 unspecified atom stereocenters. The number of esters is 1. The van der Waals surface area contributed by atoms with Gasteiger partial charge in [0.2, 0.25) is 0 Å². The van der Waals surface area contributed by atoms with E-state index in [1.807, 2.05) is 0 Å². The van der Waals surface area contributed by atoms with Crippen LogP contribution in [0.5, 0.6) is 0 Å². The molecule has 1 aliphatic heterocycles. The van der Waals surface area contributed by atoms with Crippen molar-refractivity contribution in [2.75, 3.05) is 26.4 Å². The van der Waals surface area contributed by atoms with Crippen molar-refractivity contribution < 1.29 is 44.2 Å². The van der Waals surface area contributed by atoms with Crippen LogP contribution in [0.2, 0.25) is 0 Å². The Kier molecular flexibility index (Phi) is 30.3. The Morgan fingerprint density at radius 2 is 1.00 bits per heavy atom. The molecule has 0 aromatic carbocycles. The van der Waals surface area contributed by atoms with E-state index in [4.69, 9.17) is 18.9 Å². The van der Waals surface area contributed by atoms with Gasteiger partial charge in [0.15, 0.2) is 6.29 Å². The third-order valence-corrected chi connectivity index (χ3v) is 9.58. The van der Waals surface area contributed by atoms with Gasteiger partial charge in [-0.1, -0.05) is 168 Å². The first-order valence-electron chi connectivity index (χ1n) is 20.1. The highest BCUT2D eigenvalue weighted by molar-refractivity contribution is 5.69. The third-order valence-electron chi connectivity index (χ3n) is 9.58. The molecule has 9 nitrogen and oxygen atoms in total. The van der Waals surface area contributed by atoms with Crippen LogP contribution in [-0.4, -0.2) is 89.6 Å². The number of aliphatic hydroxyl groups is 4. The fourth-order valence-corrected chi connectivity index (χ4v) is 6.35. The van der Waals surface area contributed by atoms with Gasteiger partial charge < -0.3 is 39.4 Å². The van der Waals surface area contributed by atoms with Crippen molar-refractivity contribution in [3.63, 3.8) is 0 Å². The number of unbranched alkanes of at least 4 members (excludes halogenated alkanes) is 24. The Morgan fingerprint density at radius 3 is 1.40 bits per heavy atom. The first kappa shape index (κ1) is 45.2. The quantitative estimate of drug-likeness (QED) is 0.0393. The number of aliphatic hydroxyl groups excluding tert-OH is 4. The van der Waals surface area contributed by atoms with Gasteiger partial charge in [-0.05, 0) is 6.42 Å². The largest absolute Gasteiger partial charge is 0.457 e. The maximum atomic E-state index is 11.9. The van der Waals surface area contributed by atoms with Gasteiger partial charge in [-0.2, -0.15) is 0 Å². The van der Waals surface area contributed by atoms with Crippen molar-refractivity contribution in [2.24, 2.45) is 0 Å². The summed E-state index contributed by atoms with van der Waals surface area (Å²) in [5, 5.41) is 39.4. The predicted molar refractivity (Wildman–Crippen MR) is 192 cm³/mol. The predicted octanol–water partition coefficient (Wildman–Crippen LogP) is 7.91. The number of ether oxygens (including phenoxy) is 4. The first-order valence-corrected chi connectivity index (χ1v) is 20.1. The van der Waals surface area contributed by atoms with Gasteiger partial charge >= 0.3 is 5.97 Å². The van der Waals surface area contributed by atoms with Crippen LogP contribution in [0.3, 0.4) is 0 Å². The van der Waals surface area contributed by atoms with Crippen LogP contribution in [0, 0.1) is 0 Å². The topological polar surface area (TPSA) is 135 Å². The van der Waals surface area contributed by atoms with E-state index in [0.717, 1.165) is 12.8 Å². The molecule has 0 spiro atoms. The summed E-state index contributed by atoms with van der Waals surface area (Å²) in [7, 11) is 0. The van der Waals surface area contributed by atoms with Crippen molar-refractivity contribution in [3.05, 3.63) is 0 Å². The van der Waals surface area contributed by atoms with Gasteiger partial charge in [0, 0.05) is 13.0 Å². The monoisotopic (exact) mass is 689 g/mol. The van der Waals surface area contributed by atoms with Crippen LogP contribution in [0.1, 0.15) is 181 Å². The Balaban J connectivity index is 1.91. The lowest BCUT2D eigenvalue weighted by molar-refractivity contribution is -0.305. The van der Waals surface area contributed by atoms with E-state index in [2.05, 4.69) is 6.92 Å². The van der Waals surface area contributed by atoms with E-state index in [0.29, 0.717) is 6.61 Å². The zero-order valence-electron chi connectivity index (χ0n) is 31.0. The fraction of sp³-hybridized carbons (Fsp3) is 0.974. The van der Waals surface area contributed by atoms with E-state index >= 15 is 0 Å². The molecule has 1 fully saturated rings. The molecule has 286 valence electrons. The van der Waals surface area contributed by atoms with Crippen LogP contribution in [0.15, 0.2) is 0 Å². The molecule has 6 atom stereocenters. The molecule has 4 N–H and O–H groups in total. The molecule has 0 amide bonds. The van der Waals surface area contributed by atoms with E-state index in [-0.39, 0.29) is 19.6 Å². The minimum absolute atomic E-state index is 0.117. The highest BCUT2D eigenvalue weighted by Crippen LogP contribution is 2.22. The third kappa shape index (κ3) is 23.6.